The lowest BCUT2D eigenvalue weighted by molar-refractivity contribution is 0.623. The number of halogens is 2. The molecule has 0 fully saturated rings. The highest BCUT2D eigenvalue weighted by atomic mass is 35.5. The minimum Gasteiger partial charge on any atom is -0.368 e. The normalized spacial score (nSPS) is 10.1. The lowest BCUT2D eigenvalue weighted by Crippen LogP contribution is -2.04. The van der Waals surface area contributed by atoms with Gasteiger partial charge in [-0.3, -0.25) is 0 Å². The van der Waals surface area contributed by atoms with E-state index in [1.807, 2.05) is 0 Å². The molecule has 0 unspecified atom stereocenters. The van der Waals surface area contributed by atoms with Crippen LogP contribution in [0, 0.1) is 5.82 Å². The molecule has 0 atom stereocenters. The minimum atomic E-state index is -0.399. The van der Waals surface area contributed by atoms with E-state index in [2.05, 4.69) is 17.2 Å². The van der Waals surface area contributed by atoms with Crippen LogP contribution in [0.25, 0.3) is 0 Å². The van der Waals surface area contributed by atoms with Gasteiger partial charge in [0, 0.05) is 12.7 Å². The smallest absolute Gasteiger partial charge is 0.166 e. The topological polar surface area (TPSA) is 24.9 Å². The summed E-state index contributed by atoms with van der Waals surface area (Å²) in [6.45, 7) is 2.81. The molecule has 1 aromatic rings. The van der Waals surface area contributed by atoms with Gasteiger partial charge in [0.25, 0.3) is 0 Å². The lowest BCUT2D eigenvalue weighted by atomic mass is 10.3. The van der Waals surface area contributed by atoms with E-state index in [4.69, 9.17) is 11.6 Å². The second-order valence-electron chi connectivity index (χ2n) is 2.76. The number of aromatic nitrogens is 1. The van der Waals surface area contributed by atoms with Crippen LogP contribution in [-0.2, 0) is 0 Å². The Kier molecular flexibility index (Phi) is 3.96. The van der Waals surface area contributed by atoms with Gasteiger partial charge in [-0.25, -0.2) is 9.37 Å². The second-order valence-corrected chi connectivity index (χ2v) is 3.20. The third-order valence-electron chi connectivity index (χ3n) is 1.63. The van der Waals surface area contributed by atoms with Gasteiger partial charge in [0.2, 0.25) is 0 Å². The monoisotopic (exact) mass is 202 g/mol. The minimum absolute atomic E-state index is 0.276. The van der Waals surface area contributed by atoms with Gasteiger partial charge in [0.15, 0.2) is 11.6 Å². The van der Waals surface area contributed by atoms with Gasteiger partial charge in [-0.2, -0.15) is 0 Å². The quantitative estimate of drug-likeness (QED) is 0.759. The Balaban J connectivity index is 2.56. The van der Waals surface area contributed by atoms with Crippen molar-refractivity contribution in [1.82, 2.24) is 4.98 Å². The number of rotatable bonds is 4. The Hall–Kier alpha value is -0.830. The number of anilines is 1. The molecule has 0 amide bonds. The third kappa shape index (κ3) is 3.19. The molecule has 0 bridgehead atoms. The number of unbranched alkanes of at least 4 members (excludes halogenated alkanes) is 1. The van der Waals surface area contributed by atoms with E-state index in [0.717, 1.165) is 19.4 Å². The van der Waals surface area contributed by atoms with Gasteiger partial charge in [0.05, 0.1) is 5.02 Å². The first-order chi connectivity index (χ1) is 6.24. The van der Waals surface area contributed by atoms with Crippen molar-refractivity contribution in [2.75, 3.05) is 11.9 Å². The van der Waals surface area contributed by atoms with Crippen LogP contribution in [0.15, 0.2) is 12.3 Å². The molecule has 2 nitrogen and oxygen atoms in total. The molecule has 1 rings (SSSR count). The molecule has 0 radical (unpaired) electrons. The Morgan fingerprint density at radius 3 is 3.00 bits per heavy atom. The van der Waals surface area contributed by atoms with Crippen LogP contribution >= 0.6 is 11.6 Å². The Labute approximate surface area is 82.1 Å². The summed E-state index contributed by atoms with van der Waals surface area (Å²) < 4.78 is 13.1. The fourth-order valence-electron chi connectivity index (χ4n) is 0.928. The summed E-state index contributed by atoms with van der Waals surface area (Å²) in [5.41, 5.74) is 0. The van der Waals surface area contributed by atoms with Crippen LogP contribution in [0.5, 0.6) is 0 Å². The van der Waals surface area contributed by atoms with Crippen LogP contribution in [0.4, 0.5) is 10.2 Å². The van der Waals surface area contributed by atoms with E-state index < -0.39 is 5.82 Å². The summed E-state index contributed by atoms with van der Waals surface area (Å²) in [5, 5.41) is 3.21. The first-order valence-electron chi connectivity index (χ1n) is 4.29. The molecule has 1 N–H and O–H groups in total. The predicted molar refractivity (Wildman–Crippen MR) is 52.6 cm³/mol. The van der Waals surface area contributed by atoms with E-state index in [1.165, 1.54) is 12.3 Å². The maximum atomic E-state index is 13.1. The maximum absolute atomic E-state index is 13.1. The van der Waals surface area contributed by atoms with Crippen molar-refractivity contribution in [2.45, 2.75) is 19.8 Å². The van der Waals surface area contributed by atoms with E-state index in [-0.39, 0.29) is 5.82 Å². The lowest BCUT2D eigenvalue weighted by Gasteiger charge is -2.04. The highest BCUT2D eigenvalue weighted by molar-refractivity contribution is 6.30. The van der Waals surface area contributed by atoms with E-state index in [9.17, 15) is 4.39 Å². The molecule has 0 aromatic carbocycles. The summed E-state index contributed by atoms with van der Waals surface area (Å²) in [6.07, 6.45) is 3.50. The molecule has 1 heterocycles. The molecule has 0 spiro atoms. The maximum Gasteiger partial charge on any atom is 0.166 e. The first kappa shape index (κ1) is 10.3. The summed E-state index contributed by atoms with van der Waals surface area (Å²) in [6, 6.07) is 1.25. The van der Waals surface area contributed by atoms with Crippen molar-refractivity contribution in [1.29, 1.82) is 0 Å². The molecule has 0 aliphatic rings. The van der Waals surface area contributed by atoms with Gasteiger partial charge < -0.3 is 5.32 Å². The molecule has 13 heavy (non-hydrogen) atoms. The summed E-state index contributed by atoms with van der Waals surface area (Å²) in [4.78, 5) is 3.83. The molecule has 72 valence electrons. The fraction of sp³-hybridized carbons (Fsp3) is 0.444. The van der Waals surface area contributed by atoms with Crippen molar-refractivity contribution in [2.24, 2.45) is 0 Å². The van der Waals surface area contributed by atoms with Crippen LogP contribution in [0.2, 0.25) is 5.02 Å². The average Bonchev–Trinajstić information content (AvgIpc) is 2.09. The molecule has 1 aromatic heterocycles. The van der Waals surface area contributed by atoms with Gasteiger partial charge in [-0.05, 0) is 12.5 Å². The number of nitrogens with one attached hydrogen (secondary N) is 1. The largest absolute Gasteiger partial charge is 0.368 e. The zero-order valence-corrected chi connectivity index (χ0v) is 8.24. The van der Waals surface area contributed by atoms with Crippen LogP contribution in [0.1, 0.15) is 19.8 Å². The molecule has 0 aliphatic heterocycles. The third-order valence-corrected chi connectivity index (χ3v) is 1.84. The second kappa shape index (κ2) is 5.02. The Morgan fingerprint density at radius 2 is 2.38 bits per heavy atom. The van der Waals surface area contributed by atoms with Crippen molar-refractivity contribution < 1.29 is 4.39 Å². The van der Waals surface area contributed by atoms with E-state index in [1.54, 1.807) is 0 Å². The van der Waals surface area contributed by atoms with Gasteiger partial charge >= 0.3 is 0 Å². The molecule has 0 saturated heterocycles. The first-order valence-corrected chi connectivity index (χ1v) is 4.66. The van der Waals surface area contributed by atoms with Crippen LogP contribution < -0.4 is 5.32 Å². The Morgan fingerprint density at radius 1 is 1.62 bits per heavy atom. The number of hydrogen-bond acceptors (Lipinski definition) is 2. The van der Waals surface area contributed by atoms with Crippen LogP contribution in [-0.4, -0.2) is 11.5 Å². The van der Waals surface area contributed by atoms with Crippen molar-refractivity contribution in [3.63, 3.8) is 0 Å². The highest BCUT2D eigenvalue weighted by Gasteiger charge is 2.02. The molecule has 4 heteroatoms. The van der Waals surface area contributed by atoms with E-state index >= 15 is 0 Å². The molecular formula is C9H12ClFN2. The SMILES string of the molecule is CCCCNc1ncc(Cl)cc1F. The van der Waals surface area contributed by atoms with Gasteiger partial charge in [-0.1, -0.05) is 24.9 Å². The number of hydrogen-bond donors (Lipinski definition) is 1. The summed E-state index contributed by atoms with van der Waals surface area (Å²) in [5.74, 6) is -0.124. The fourth-order valence-corrected chi connectivity index (χ4v) is 1.07. The van der Waals surface area contributed by atoms with Crippen molar-refractivity contribution in [3.05, 3.63) is 23.1 Å². The summed E-state index contributed by atoms with van der Waals surface area (Å²) >= 11 is 5.55. The molecular weight excluding hydrogens is 191 g/mol. The summed E-state index contributed by atoms with van der Waals surface area (Å²) in [7, 11) is 0. The standard InChI is InChI=1S/C9H12ClFN2/c1-2-3-4-12-9-8(11)5-7(10)6-13-9/h5-6H,2-4H2,1H3,(H,12,13). The van der Waals surface area contributed by atoms with Gasteiger partial charge in [0.1, 0.15) is 0 Å². The highest BCUT2D eigenvalue weighted by Crippen LogP contribution is 2.15. The van der Waals surface area contributed by atoms with E-state index in [0.29, 0.717) is 5.02 Å². The van der Waals surface area contributed by atoms with Gasteiger partial charge in [-0.15, -0.1) is 0 Å². The number of pyridine rings is 1. The van der Waals surface area contributed by atoms with Crippen molar-refractivity contribution >= 4 is 17.4 Å². The van der Waals surface area contributed by atoms with Crippen molar-refractivity contribution in [3.8, 4) is 0 Å². The zero-order chi connectivity index (χ0) is 9.68. The Bertz CT molecular complexity index is 278. The average molecular weight is 203 g/mol. The number of nitrogens with zero attached hydrogens (tertiary/aromatic N) is 1. The molecule has 0 saturated carbocycles. The van der Waals surface area contributed by atoms with Crippen LogP contribution in [0.3, 0.4) is 0 Å². The predicted octanol–water partition coefficient (Wildman–Crippen LogP) is 3.09. The molecule has 0 aliphatic carbocycles. The zero-order valence-electron chi connectivity index (χ0n) is 7.48.